The Hall–Kier alpha value is -2.48. The number of aliphatic hydroxyl groups excluding tert-OH is 1. The van der Waals surface area contributed by atoms with Gasteiger partial charge in [-0.3, -0.25) is 14.9 Å². The first-order valence-corrected chi connectivity index (χ1v) is 7.40. The van der Waals surface area contributed by atoms with Crippen LogP contribution in [0, 0.1) is 10.1 Å². The van der Waals surface area contributed by atoms with Gasteiger partial charge in [0.05, 0.1) is 17.1 Å². The average molecular weight is 322 g/mol. The van der Waals surface area contributed by atoms with E-state index >= 15 is 0 Å². The molecule has 0 spiro atoms. The van der Waals surface area contributed by atoms with Crippen LogP contribution in [0.5, 0.6) is 0 Å². The van der Waals surface area contributed by atoms with Gasteiger partial charge in [-0.1, -0.05) is 0 Å². The molecule has 0 amide bonds. The summed E-state index contributed by atoms with van der Waals surface area (Å²) in [6.45, 7) is 0.0209. The number of carbonyl (C=O) groups is 2. The largest absolute Gasteiger partial charge is 0.451 e. The van der Waals surface area contributed by atoms with Crippen LogP contribution in [0.1, 0.15) is 36.0 Å². The zero-order valence-corrected chi connectivity index (χ0v) is 12.5. The second-order valence-corrected chi connectivity index (χ2v) is 5.24. The molecule has 0 aliphatic heterocycles. The molecule has 0 heterocycles. The summed E-state index contributed by atoms with van der Waals surface area (Å²) in [4.78, 5) is 34.3. The lowest BCUT2D eigenvalue weighted by atomic mass is 9.96. The number of aliphatic hydroxyl groups is 1. The molecule has 1 aliphatic carbocycles. The number of Topliss-reactive ketones (excluding diaryl/α,β-unsaturated/α-hetero) is 1. The number of hydrogen-bond acceptors (Lipinski definition) is 7. The number of hydrogen-bond donors (Lipinski definition) is 2. The molecule has 8 heteroatoms. The summed E-state index contributed by atoms with van der Waals surface area (Å²) in [7, 11) is 0. The molecule has 1 saturated carbocycles. The van der Waals surface area contributed by atoms with Gasteiger partial charge in [0.2, 0.25) is 0 Å². The van der Waals surface area contributed by atoms with Crippen LogP contribution < -0.4 is 5.32 Å². The van der Waals surface area contributed by atoms with E-state index in [1.165, 1.54) is 12.1 Å². The molecule has 2 rings (SSSR count). The molecule has 23 heavy (non-hydrogen) atoms. The van der Waals surface area contributed by atoms with Crippen molar-refractivity contribution >= 4 is 23.1 Å². The molecule has 1 aliphatic rings. The van der Waals surface area contributed by atoms with Gasteiger partial charge in [-0.25, -0.2) is 4.79 Å². The van der Waals surface area contributed by atoms with Crippen molar-refractivity contribution in [2.24, 2.45) is 0 Å². The van der Waals surface area contributed by atoms with Crippen LogP contribution in [0.25, 0.3) is 0 Å². The number of ketones is 1. The first-order chi connectivity index (χ1) is 11.0. The standard InChI is InChI=1S/C15H18N2O6/c18-8-7-16-12-6-5-10(17(21)22)9-11(12)15(20)23-14-4-2-1-3-13(14)19/h5-6,9,14,16,18H,1-4,7-8H2/t14-/m0/s1. The van der Waals surface area contributed by atoms with Crippen molar-refractivity contribution < 1.29 is 24.4 Å². The number of nitrogens with zero attached hydrogens (tertiary/aromatic N) is 1. The monoisotopic (exact) mass is 322 g/mol. The SMILES string of the molecule is O=C(O[C@H]1CCCCC1=O)c1cc([N+](=O)[O-])ccc1NCCO. The number of ether oxygens (including phenoxy) is 1. The van der Waals surface area contributed by atoms with Crippen LogP contribution in [0.15, 0.2) is 18.2 Å². The fourth-order valence-corrected chi connectivity index (χ4v) is 2.43. The summed E-state index contributed by atoms with van der Waals surface area (Å²) in [5.74, 6) is -0.908. The van der Waals surface area contributed by atoms with E-state index < -0.39 is 17.0 Å². The Labute approximate surface area is 132 Å². The molecule has 2 N–H and O–H groups in total. The van der Waals surface area contributed by atoms with Crippen LogP contribution >= 0.6 is 0 Å². The minimum atomic E-state index is -0.791. The number of nitro benzene ring substituents is 1. The third kappa shape index (κ3) is 4.26. The maximum atomic E-state index is 12.3. The number of rotatable bonds is 6. The third-order valence-electron chi connectivity index (χ3n) is 3.61. The van der Waals surface area contributed by atoms with Gasteiger partial charge >= 0.3 is 5.97 Å². The van der Waals surface area contributed by atoms with Crippen molar-refractivity contribution in [3.63, 3.8) is 0 Å². The number of carbonyl (C=O) groups excluding carboxylic acids is 2. The normalized spacial score (nSPS) is 17.6. The Morgan fingerprint density at radius 3 is 2.87 bits per heavy atom. The zero-order valence-electron chi connectivity index (χ0n) is 12.5. The lowest BCUT2D eigenvalue weighted by Gasteiger charge is -2.21. The molecule has 0 saturated heterocycles. The van der Waals surface area contributed by atoms with Gasteiger partial charge in [-0.2, -0.15) is 0 Å². The van der Waals surface area contributed by atoms with E-state index in [2.05, 4.69) is 5.32 Å². The van der Waals surface area contributed by atoms with E-state index in [9.17, 15) is 19.7 Å². The minimum absolute atomic E-state index is 0.0222. The highest BCUT2D eigenvalue weighted by molar-refractivity contribution is 5.98. The van der Waals surface area contributed by atoms with Crippen molar-refractivity contribution in [2.45, 2.75) is 31.8 Å². The summed E-state index contributed by atoms with van der Waals surface area (Å²) >= 11 is 0. The summed E-state index contributed by atoms with van der Waals surface area (Å²) in [5.41, 5.74) is 0.0467. The van der Waals surface area contributed by atoms with E-state index in [4.69, 9.17) is 9.84 Å². The summed E-state index contributed by atoms with van der Waals surface area (Å²) < 4.78 is 5.23. The van der Waals surface area contributed by atoms with E-state index in [0.29, 0.717) is 18.5 Å². The van der Waals surface area contributed by atoms with Crippen LogP contribution in [0.2, 0.25) is 0 Å². The molecule has 0 radical (unpaired) electrons. The van der Waals surface area contributed by atoms with Gasteiger partial charge in [0.25, 0.3) is 5.69 Å². The average Bonchev–Trinajstić information content (AvgIpc) is 2.54. The number of non-ortho nitro benzene ring substituents is 1. The van der Waals surface area contributed by atoms with Crippen LogP contribution in [-0.2, 0) is 9.53 Å². The van der Waals surface area contributed by atoms with Crippen LogP contribution in [0.3, 0.4) is 0 Å². The number of nitrogens with one attached hydrogen (secondary N) is 1. The molecule has 1 atom stereocenters. The first-order valence-electron chi connectivity index (χ1n) is 7.40. The topological polar surface area (TPSA) is 119 Å². The fourth-order valence-electron chi connectivity index (χ4n) is 2.43. The number of esters is 1. The Kier molecular flexibility index (Phi) is 5.64. The molecular formula is C15H18N2O6. The van der Waals surface area contributed by atoms with Gasteiger partial charge < -0.3 is 15.2 Å². The van der Waals surface area contributed by atoms with Crippen molar-refractivity contribution in [1.29, 1.82) is 0 Å². The molecule has 124 valence electrons. The van der Waals surface area contributed by atoms with E-state index in [1.54, 1.807) is 0 Å². The predicted octanol–water partition coefficient (Wildman–Crippen LogP) is 1.67. The molecule has 1 fully saturated rings. The van der Waals surface area contributed by atoms with Gasteiger partial charge in [-0.15, -0.1) is 0 Å². The Morgan fingerprint density at radius 2 is 2.22 bits per heavy atom. The molecule has 1 aromatic rings. The van der Waals surface area contributed by atoms with Gasteiger partial charge in [-0.05, 0) is 25.3 Å². The fraction of sp³-hybridized carbons (Fsp3) is 0.467. The summed E-state index contributed by atoms with van der Waals surface area (Å²) in [5, 5.41) is 22.5. The molecule has 0 aromatic heterocycles. The highest BCUT2D eigenvalue weighted by Gasteiger charge is 2.28. The summed E-state index contributed by atoms with van der Waals surface area (Å²) in [6, 6.07) is 3.74. The second-order valence-electron chi connectivity index (χ2n) is 5.24. The molecular weight excluding hydrogens is 304 g/mol. The lowest BCUT2D eigenvalue weighted by molar-refractivity contribution is -0.384. The third-order valence-corrected chi connectivity index (χ3v) is 3.61. The van der Waals surface area contributed by atoms with Crippen molar-refractivity contribution in [2.75, 3.05) is 18.5 Å². The van der Waals surface area contributed by atoms with Crippen molar-refractivity contribution in [3.8, 4) is 0 Å². The Balaban J connectivity index is 2.22. The predicted molar refractivity (Wildman–Crippen MR) is 81.4 cm³/mol. The van der Waals surface area contributed by atoms with Crippen LogP contribution in [0.4, 0.5) is 11.4 Å². The molecule has 1 aromatic carbocycles. The Morgan fingerprint density at radius 1 is 1.43 bits per heavy atom. The number of nitro groups is 1. The zero-order chi connectivity index (χ0) is 16.8. The second kappa shape index (κ2) is 7.68. The molecule has 0 bridgehead atoms. The first kappa shape index (κ1) is 16.9. The smallest absolute Gasteiger partial charge is 0.341 e. The van der Waals surface area contributed by atoms with E-state index in [-0.39, 0.29) is 30.2 Å². The highest BCUT2D eigenvalue weighted by Crippen LogP contribution is 2.25. The minimum Gasteiger partial charge on any atom is -0.451 e. The summed E-state index contributed by atoms with van der Waals surface area (Å²) in [6.07, 6.45) is 1.64. The quantitative estimate of drug-likeness (QED) is 0.464. The lowest BCUT2D eigenvalue weighted by Crippen LogP contribution is -2.30. The molecule has 0 unspecified atom stereocenters. The Bertz CT molecular complexity index is 616. The van der Waals surface area contributed by atoms with E-state index in [1.807, 2.05) is 0 Å². The number of benzene rings is 1. The van der Waals surface area contributed by atoms with E-state index in [0.717, 1.165) is 18.9 Å². The van der Waals surface area contributed by atoms with Crippen molar-refractivity contribution in [1.82, 2.24) is 0 Å². The van der Waals surface area contributed by atoms with Gasteiger partial charge in [0.15, 0.2) is 11.9 Å². The maximum Gasteiger partial charge on any atom is 0.341 e. The van der Waals surface area contributed by atoms with Crippen molar-refractivity contribution in [3.05, 3.63) is 33.9 Å². The molecule has 8 nitrogen and oxygen atoms in total. The van der Waals surface area contributed by atoms with Gasteiger partial charge in [0, 0.05) is 30.8 Å². The number of anilines is 1. The van der Waals surface area contributed by atoms with Crippen LogP contribution in [-0.4, -0.2) is 41.0 Å². The maximum absolute atomic E-state index is 12.3. The highest BCUT2D eigenvalue weighted by atomic mass is 16.6. The van der Waals surface area contributed by atoms with Gasteiger partial charge in [0.1, 0.15) is 0 Å².